The van der Waals surface area contributed by atoms with Gasteiger partial charge in [0.2, 0.25) is 0 Å². The average Bonchev–Trinajstić information content (AvgIpc) is 3.28. The number of carbonyl (C=O) groups is 1. The van der Waals surface area contributed by atoms with Crippen molar-refractivity contribution in [3.8, 4) is 17.3 Å². The van der Waals surface area contributed by atoms with Crippen LogP contribution in [0, 0.1) is 6.92 Å². The van der Waals surface area contributed by atoms with Gasteiger partial charge in [-0.2, -0.15) is 0 Å². The fourth-order valence-electron chi connectivity index (χ4n) is 3.82. The second-order valence-corrected chi connectivity index (χ2v) is 7.73. The zero-order chi connectivity index (χ0) is 21.9. The minimum Gasteiger partial charge on any atom is -0.484 e. The number of imidazole rings is 1. The first-order chi connectivity index (χ1) is 15.7. The van der Waals surface area contributed by atoms with Gasteiger partial charge >= 0.3 is 0 Å². The Morgan fingerprint density at radius 2 is 1.75 bits per heavy atom. The van der Waals surface area contributed by atoms with Crippen LogP contribution in [0.1, 0.15) is 5.69 Å². The third kappa shape index (κ3) is 4.12. The van der Waals surface area contributed by atoms with Crippen molar-refractivity contribution in [3.63, 3.8) is 0 Å². The number of H-pyrrole nitrogens is 1. The number of para-hydroxylation sites is 3. The number of aromatic nitrogens is 4. The van der Waals surface area contributed by atoms with E-state index >= 15 is 0 Å². The van der Waals surface area contributed by atoms with Crippen LogP contribution < -0.4 is 9.64 Å². The molecule has 162 valence electrons. The summed E-state index contributed by atoms with van der Waals surface area (Å²) in [6, 6.07) is 17.3. The summed E-state index contributed by atoms with van der Waals surface area (Å²) < 4.78 is 5.60. The largest absolute Gasteiger partial charge is 0.484 e. The van der Waals surface area contributed by atoms with Gasteiger partial charge in [0, 0.05) is 26.2 Å². The summed E-state index contributed by atoms with van der Waals surface area (Å²) in [5.74, 6) is 2.20. The molecule has 1 N–H and O–H groups in total. The second-order valence-electron chi connectivity index (χ2n) is 7.73. The summed E-state index contributed by atoms with van der Waals surface area (Å²) in [5, 5.41) is 0. The Bertz CT molecular complexity index is 1200. The molecule has 2 aromatic carbocycles. The van der Waals surface area contributed by atoms with Crippen LogP contribution in [0.5, 0.6) is 5.75 Å². The van der Waals surface area contributed by atoms with Crippen molar-refractivity contribution in [2.75, 3.05) is 37.7 Å². The predicted octanol–water partition coefficient (Wildman–Crippen LogP) is 3.06. The van der Waals surface area contributed by atoms with Crippen molar-refractivity contribution in [1.82, 2.24) is 24.8 Å². The van der Waals surface area contributed by atoms with Crippen LogP contribution >= 0.6 is 0 Å². The summed E-state index contributed by atoms with van der Waals surface area (Å²) in [4.78, 5) is 33.9. The van der Waals surface area contributed by atoms with Gasteiger partial charge in [0.1, 0.15) is 17.3 Å². The van der Waals surface area contributed by atoms with E-state index in [2.05, 4.69) is 19.9 Å². The van der Waals surface area contributed by atoms with Crippen molar-refractivity contribution in [1.29, 1.82) is 0 Å². The molecule has 0 bridgehead atoms. The molecule has 1 fully saturated rings. The number of nitrogens with one attached hydrogen (secondary N) is 1. The molecule has 0 saturated carbocycles. The van der Waals surface area contributed by atoms with Crippen molar-refractivity contribution in [2.24, 2.45) is 0 Å². The summed E-state index contributed by atoms with van der Waals surface area (Å²) >= 11 is 0. The molecule has 3 heterocycles. The minimum absolute atomic E-state index is 0.00791. The number of nitrogens with zero attached hydrogens (tertiary/aromatic N) is 5. The predicted molar refractivity (Wildman–Crippen MR) is 123 cm³/mol. The third-order valence-electron chi connectivity index (χ3n) is 5.62. The number of rotatable bonds is 5. The molecule has 0 aliphatic carbocycles. The number of carbonyl (C=O) groups excluding carboxylic acids is 1. The maximum absolute atomic E-state index is 12.5. The average molecular weight is 428 g/mol. The zero-order valence-corrected chi connectivity index (χ0v) is 17.9. The molecule has 5 rings (SSSR count). The standard InChI is InChI=1S/C24H24N6O2/c1-17-23(24-26-19-9-5-6-10-20(19)27-24)28-21(15-25-17)29-11-13-30(14-12-29)22(31)16-32-18-7-3-2-4-8-18/h2-10,15H,11-14,16H2,1H3,(H,26,27). The fourth-order valence-corrected chi connectivity index (χ4v) is 3.82. The number of amides is 1. The van der Waals surface area contributed by atoms with Gasteiger partial charge in [-0.05, 0) is 31.2 Å². The molecule has 1 amide bonds. The van der Waals surface area contributed by atoms with Gasteiger partial charge in [-0.25, -0.2) is 9.97 Å². The third-order valence-corrected chi connectivity index (χ3v) is 5.62. The monoisotopic (exact) mass is 428 g/mol. The van der Waals surface area contributed by atoms with E-state index in [4.69, 9.17) is 9.72 Å². The Hall–Kier alpha value is -3.94. The van der Waals surface area contributed by atoms with Gasteiger partial charge in [-0.1, -0.05) is 30.3 Å². The molecule has 8 nitrogen and oxygen atoms in total. The number of fused-ring (bicyclic) bond motifs is 1. The first kappa shape index (κ1) is 20.0. The first-order valence-corrected chi connectivity index (χ1v) is 10.7. The molecule has 1 aliphatic rings. The van der Waals surface area contributed by atoms with E-state index in [1.807, 2.05) is 66.4 Å². The van der Waals surface area contributed by atoms with Crippen molar-refractivity contribution in [2.45, 2.75) is 6.92 Å². The highest BCUT2D eigenvalue weighted by molar-refractivity contribution is 5.79. The molecule has 2 aromatic heterocycles. The Labute approximate surface area is 185 Å². The van der Waals surface area contributed by atoms with Gasteiger partial charge in [0.15, 0.2) is 12.4 Å². The number of ether oxygens (including phenoxy) is 1. The molecule has 32 heavy (non-hydrogen) atoms. The van der Waals surface area contributed by atoms with Gasteiger partial charge < -0.3 is 19.5 Å². The number of hydrogen-bond donors (Lipinski definition) is 1. The lowest BCUT2D eigenvalue weighted by atomic mass is 10.3. The van der Waals surface area contributed by atoms with E-state index in [0.717, 1.165) is 28.2 Å². The molecule has 0 spiro atoms. The lowest BCUT2D eigenvalue weighted by molar-refractivity contribution is -0.133. The fraction of sp³-hybridized carbons (Fsp3) is 0.250. The first-order valence-electron chi connectivity index (χ1n) is 10.7. The zero-order valence-electron chi connectivity index (χ0n) is 17.9. The minimum atomic E-state index is -0.00791. The number of piperazine rings is 1. The van der Waals surface area contributed by atoms with Crippen LogP contribution in [-0.4, -0.2) is 63.5 Å². The number of hydrogen-bond acceptors (Lipinski definition) is 6. The molecule has 1 aliphatic heterocycles. The molecular formula is C24H24N6O2. The second kappa shape index (κ2) is 8.66. The van der Waals surface area contributed by atoms with Gasteiger partial charge in [0.05, 0.1) is 22.9 Å². The van der Waals surface area contributed by atoms with Crippen LogP contribution in [0.4, 0.5) is 5.82 Å². The van der Waals surface area contributed by atoms with Crippen molar-refractivity contribution in [3.05, 3.63) is 66.5 Å². The number of benzene rings is 2. The van der Waals surface area contributed by atoms with E-state index in [1.165, 1.54) is 0 Å². The molecule has 4 aromatic rings. The topological polar surface area (TPSA) is 87.2 Å². The highest BCUT2D eigenvalue weighted by Gasteiger charge is 2.23. The van der Waals surface area contributed by atoms with Crippen LogP contribution in [0.3, 0.4) is 0 Å². The van der Waals surface area contributed by atoms with E-state index in [9.17, 15) is 4.79 Å². The SMILES string of the molecule is Cc1ncc(N2CCN(C(=O)COc3ccccc3)CC2)nc1-c1nc2ccccc2[nH]1. The summed E-state index contributed by atoms with van der Waals surface area (Å²) in [6.07, 6.45) is 1.79. The summed E-state index contributed by atoms with van der Waals surface area (Å²) in [6.45, 7) is 4.59. The number of aromatic amines is 1. The van der Waals surface area contributed by atoms with Crippen LogP contribution in [0.2, 0.25) is 0 Å². The van der Waals surface area contributed by atoms with Crippen molar-refractivity contribution < 1.29 is 9.53 Å². The smallest absolute Gasteiger partial charge is 0.260 e. The molecule has 1 saturated heterocycles. The highest BCUT2D eigenvalue weighted by atomic mass is 16.5. The molecular weight excluding hydrogens is 404 g/mol. The Morgan fingerprint density at radius 3 is 2.53 bits per heavy atom. The normalized spacial score (nSPS) is 14.0. The number of anilines is 1. The van der Waals surface area contributed by atoms with E-state index < -0.39 is 0 Å². The van der Waals surface area contributed by atoms with Gasteiger partial charge in [0.25, 0.3) is 5.91 Å². The molecule has 0 unspecified atom stereocenters. The number of aryl methyl sites for hydroxylation is 1. The molecule has 0 atom stereocenters. The Morgan fingerprint density at radius 1 is 1.00 bits per heavy atom. The Balaban J connectivity index is 1.24. The maximum Gasteiger partial charge on any atom is 0.260 e. The van der Waals surface area contributed by atoms with Gasteiger partial charge in [-0.3, -0.25) is 9.78 Å². The lowest BCUT2D eigenvalue weighted by Gasteiger charge is -2.35. The summed E-state index contributed by atoms with van der Waals surface area (Å²) in [5.41, 5.74) is 3.44. The van der Waals surface area contributed by atoms with Crippen LogP contribution in [0.15, 0.2) is 60.8 Å². The van der Waals surface area contributed by atoms with Gasteiger partial charge in [-0.15, -0.1) is 0 Å². The molecule has 8 heteroatoms. The maximum atomic E-state index is 12.5. The van der Waals surface area contributed by atoms with E-state index in [-0.39, 0.29) is 12.5 Å². The lowest BCUT2D eigenvalue weighted by Crippen LogP contribution is -2.50. The Kier molecular flexibility index (Phi) is 5.41. The highest BCUT2D eigenvalue weighted by Crippen LogP contribution is 2.24. The van der Waals surface area contributed by atoms with Crippen LogP contribution in [-0.2, 0) is 4.79 Å². The van der Waals surface area contributed by atoms with Crippen LogP contribution in [0.25, 0.3) is 22.6 Å². The molecule has 0 radical (unpaired) electrons. The van der Waals surface area contributed by atoms with E-state index in [0.29, 0.717) is 37.8 Å². The quantitative estimate of drug-likeness (QED) is 0.526. The van der Waals surface area contributed by atoms with E-state index in [1.54, 1.807) is 6.20 Å². The van der Waals surface area contributed by atoms with Crippen molar-refractivity contribution >= 4 is 22.8 Å². The summed E-state index contributed by atoms with van der Waals surface area (Å²) in [7, 11) is 0.